The van der Waals surface area contributed by atoms with Gasteiger partial charge >= 0.3 is 12.3 Å². The number of aryl methyl sites for hydroxylation is 2. The van der Waals surface area contributed by atoms with Gasteiger partial charge in [-0.2, -0.15) is 5.10 Å². The first kappa shape index (κ1) is 35.6. The van der Waals surface area contributed by atoms with Crippen molar-refractivity contribution in [1.82, 2.24) is 5.43 Å². The Labute approximate surface area is 269 Å². The summed E-state index contributed by atoms with van der Waals surface area (Å²) in [5, 5.41) is 4.75. The summed E-state index contributed by atoms with van der Waals surface area (Å²) in [5.41, 5.74) is 12.8. The Morgan fingerprint density at radius 1 is 1.00 bits per heavy atom. The number of esters is 1. The molecule has 0 bridgehead atoms. The van der Waals surface area contributed by atoms with Gasteiger partial charge in [0.15, 0.2) is 5.17 Å². The van der Waals surface area contributed by atoms with E-state index in [4.69, 9.17) is 20.2 Å². The maximum absolute atomic E-state index is 12.3. The predicted octanol–water partition coefficient (Wildman–Crippen LogP) is 5.25. The van der Waals surface area contributed by atoms with E-state index in [1.54, 1.807) is 58.4 Å². The molecule has 0 spiro atoms. The fourth-order valence-corrected chi connectivity index (χ4v) is 4.21. The Kier molecular flexibility index (Phi) is 12.3. The van der Waals surface area contributed by atoms with Crippen LogP contribution in [-0.4, -0.2) is 48.9 Å². The van der Waals surface area contributed by atoms with Crippen LogP contribution in [0.25, 0.3) is 0 Å². The van der Waals surface area contributed by atoms with Crippen LogP contribution in [0.4, 0.5) is 24.5 Å². The first-order chi connectivity index (χ1) is 21.6. The van der Waals surface area contributed by atoms with Crippen molar-refractivity contribution >= 4 is 52.7 Å². The summed E-state index contributed by atoms with van der Waals surface area (Å²) in [7, 11) is 1.61. The molecule has 0 aliphatic carbocycles. The molecule has 3 aromatic rings. The molecule has 0 atom stereocenters. The smallest absolute Gasteiger partial charge is 0.497 e. The molecular weight excluding hydrogens is 621 g/mol. The second kappa shape index (κ2) is 15.9. The molecule has 4 N–H and O–H groups in total. The number of halogens is 3. The van der Waals surface area contributed by atoms with E-state index < -0.39 is 11.8 Å². The van der Waals surface area contributed by atoms with Crippen molar-refractivity contribution in [2.45, 2.75) is 41.0 Å². The number of hydrogen-bond acceptors (Lipinski definition) is 8. The molecule has 0 aliphatic rings. The number of alkyl halides is 3. The highest BCUT2D eigenvalue weighted by atomic mass is 32.2. The molecule has 244 valence electrons. The molecule has 0 aromatic heterocycles. The summed E-state index contributed by atoms with van der Waals surface area (Å²) in [4.78, 5) is 23.9. The summed E-state index contributed by atoms with van der Waals surface area (Å²) >= 11 is 1.20. The van der Waals surface area contributed by atoms with E-state index in [0.717, 1.165) is 28.1 Å². The van der Waals surface area contributed by atoms with Crippen LogP contribution in [0.5, 0.6) is 11.5 Å². The molecule has 0 radical (unpaired) electrons. The number of carbonyl (C=O) groups is 1. The number of methoxy groups -OCH3 is 1. The number of aliphatic imine (C=N–C) groups is 2. The number of ether oxygens (including phenoxy) is 3. The molecule has 3 rings (SSSR count). The highest BCUT2D eigenvalue weighted by Crippen LogP contribution is 2.30. The standard InChI is InChI=1S/C32H35F3N6O4S/c1-20-15-26(43-6)16-21(2)27(20)40-30(46-19-44-29(42)31(3,4)5)41-39-17-22-7-9-23(10-8-22)28(36)38-18-37-24-11-13-25(14-12-24)45-32(33,34)35/h7-18H,19H2,1-6H3,(H,40,41)(H2,36,37,38)/p+1/b39-17+. The second-order valence-corrected chi connectivity index (χ2v) is 11.7. The van der Waals surface area contributed by atoms with Gasteiger partial charge in [0.2, 0.25) is 12.2 Å². The number of nitrogens with two attached hydrogens (primary N) is 1. The Hall–Kier alpha value is -4.85. The van der Waals surface area contributed by atoms with Crippen molar-refractivity contribution < 1.29 is 37.2 Å². The quantitative estimate of drug-likeness (QED) is 0.0892. The number of hydrogen-bond donors (Lipinski definition) is 3. The minimum atomic E-state index is -4.76. The van der Waals surface area contributed by atoms with Gasteiger partial charge < -0.3 is 19.9 Å². The van der Waals surface area contributed by atoms with Gasteiger partial charge in [-0.3, -0.25) is 10.2 Å². The molecular formula is C32H36F3N6O4S+. The van der Waals surface area contributed by atoms with Gasteiger partial charge in [0.05, 0.1) is 24.4 Å². The van der Waals surface area contributed by atoms with E-state index in [2.05, 4.69) is 25.2 Å². The van der Waals surface area contributed by atoms with E-state index in [1.165, 1.54) is 42.4 Å². The van der Waals surface area contributed by atoms with E-state index >= 15 is 0 Å². The zero-order chi connectivity index (χ0) is 33.9. The first-order valence-electron chi connectivity index (χ1n) is 13.9. The Morgan fingerprint density at radius 3 is 2.20 bits per heavy atom. The maximum atomic E-state index is 12.3. The maximum Gasteiger partial charge on any atom is 0.573 e. The molecule has 0 saturated carbocycles. The van der Waals surface area contributed by atoms with Gasteiger partial charge in [-0.15, -0.1) is 18.2 Å². The molecule has 10 nitrogen and oxygen atoms in total. The Balaban J connectivity index is 1.68. The number of amidine groups is 2. The van der Waals surface area contributed by atoms with Crippen molar-refractivity contribution in [2.24, 2.45) is 26.2 Å². The lowest BCUT2D eigenvalue weighted by Gasteiger charge is -2.16. The number of nitrogens with zero attached hydrogens (tertiary/aromatic N) is 3. The molecule has 46 heavy (non-hydrogen) atoms. The van der Waals surface area contributed by atoms with Gasteiger partial charge in [0.1, 0.15) is 23.1 Å². The molecule has 0 heterocycles. The van der Waals surface area contributed by atoms with Gasteiger partial charge in [-0.1, -0.05) is 12.1 Å². The SMILES string of the molecule is COc1cc(C)c(N=C(N/N=C/c2ccc(C(N)=[NH+]C=Nc3ccc(OC(F)(F)F)cc3)cc2)SCOC(=O)C(C)(C)C)c(C)c1. The Morgan fingerprint density at radius 2 is 1.63 bits per heavy atom. The molecule has 0 amide bonds. The highest BCUT2D eigenvalue weighted by molar-refractivity contribution is 8.13. The molecule has 0 fully saturated rings. The van der Waals surface area contributed by atoms with E-state index in [9.17, 15) is 18.0 Å². The molecule has 0 aliphatic heterocycles. The number of rotatable bonds is 10. The summed E-state index contributed by atoms with van der Waals surface area (Å²) < 4.78 is 51.5. The summed E-state index contributed by atoms with van der Waals surface area (Å²) in [6.07, 6.45) is -1.83. The lowest BCUT2D eigenvalue weighted by molar-refractivity contribution is -0.303. The molecule has 14 heteroatoms. The third kappa shape index (κ3) is 11.6. The number of nitrogens with one attached hydrogen (secondary N) is 2. The van der Waals surface area contributed by atoms with Crippen LogP contribution < -0.4 is 25.6 Å². The van der Waals surface area contributed by atoms with Crippen molar-refractivity contribution in [3.8, 4) is 11.5 Å². The zero-order valence-electron chi connectivity index (χ0n) is 26.2. The first-order valence-corrected chi connectivity index (χ1v) is 14.8. The molecule has 3 aromatic carbocycles. The number of nitrogen functional groups attached to an aromatic ring is 1. The van der Waals surface area contributed by atoms with Gasteiger partial charge in [0.25, 0.3) is 0 Å². The third-order valence-corrected chi connectivity index (χ3v) is 6.70. The third-order valence-electron chi connectivity index (χ3n) is 6.01. The topological polar surface area (TPSA) is 134 Å². The van der Waals surface area contributed by atoms with Crippen LogP contribution >= 0.6 is 11.8 Å². The fourth-order valence-electron chi connectivity index (χ4n) is 3.66. The average Bonchev–Trinajstić information content (AvgIpc) is 2.98. The number of carbonyl (C=O) groups excluding carboxylic acids is 1. The van der Waals surface area contributed by atoms with Crippen molar-refractivity contribution in [1.29, 1.82) is 0 Å². The monoisotopic (exact) mass is 657 g/mol. The van der Waals surface area contributed by atoms with Crippen LogP contribution in [0.1, 0.15) is 43.0 Å². The Bertz CT molecular complexity index is 1590. The van der Waals surface area contributed by atoms with Gasteiger partial charge in [0, 0.05) is 5.56 Å². The van der Waals surface area contributed by atoms with Crippen molar-refractivity contribution in [3.63, 3.8) is 0 Å². The lowest BCUT2D eigenvalue weighted by atomic mass is 9.98. The van der Waals surface area contributed by atoms with E-state index in [-0.39, 0.29) is 17.7 Å². The van der Waals surface area contributed by atoms with Crippen molar-refractivity contribution in [2.75, 3.05) is 13.0 Å². The van der Waals surface area contributed by atoms with Crippen LogP contribution in [-0.2, 0) is 9.53 Å². The largest absolute Gasteiger partial charge is 0.573 e. The number of benzene rings is 3. The van der Waals surface area contributed by atoms with Crippen LogP contribution in [0.3, 0.4) is 0 Å². The summed E-state index contributed by atoms with van der Waals surface area (Å²) in [6, 6.07) is 16.0. The normalized spacial score (nSPS) is 12.9. The summed E-state index contributed by atoms with van der Waals surface area (Å²) in [5.74, 6) is 0.415. The van der Waals surface area contributed by atoms with E-state index in [1.807, 2.05) is 26.0 Å². The fraction of sp³-hybridized carbons (Fsp3) is 0.281. The minimum Gasteiger partial charge on any atom is -0.497 e. The van der Waals surface area contributed by atoms with Gasteiger partial charge in [-0.05, 0) is 112 Å². The number of thioether (sulfide) groups is 1. The lowest BCUT2D eigenvalue weighted by Crippen LogP contribution is -2.74. The molecule has 0 saturated heterocycles. The predicted molar refractivity (Wildman–Crippen MR) is 175 cm³/mol. The number of hydrazone groups is 1. The van der Waals surface area contributed by atoms with E-state index in [0.29, 0.717) is 22.3 Å². The van der Waals surface area contributed by atoms with Crippen LogP contribution in [0, 0.1) is 19.3 Å². The zero-order valence-corrected chi connectivity index (χ0v) is 27.0. The van der Waals surface area contributed by atoms with Crippen molar-refractivity contribution in [3.05, 3.63) is 82.9 Å². The second-order valence-electron chi connectivity index (χ2n) is 10.8. The van der Waals surface area contributed by atoms with Crippen LogP contribution in [0.2, 0.25) is 0 Å². The minimum absolute atomic E-state index is 0.0452. The van der Waals surface area contributed by atoms with Crippen LogP contribution in [0.15, 0.2) is 75.7 Å². The highest BCUT2D eigenvalue weighted by Gasteiger charge is 2.31. The van der Waals surface area contributed by atoms with Gasteiger partial charge in [-0.25, -0.2) is 9.98 Å². The average molecular weight is 658 g/mol. The molecule has 0 unspecified atom stereocenters. The summed E-state index contributed by atoms with van der Waals surface area (Å²) in [6.45, 7) is 9.21.